The smallest absolute Gasteiger partial charge is 0.329 e. The fourth-order valence-electron chi connectivity index (χ4n) is 12.8. The predicted molar refractivity (Wildman–Crippen MR) is 340 cm³/mol. The number of rotatable bonds is 18. The Morgan fingerprint density at radius 3 is 1.17 bits per heavy atom. The van der Waals surface area contributed by atoms with Crippen LogP contribution in [-0.4, -0.2) is 163 Å². The van der Waals surface area contributed by atoms with Gasteiger partial charge in [-0.05, 0) is 123 Å². The van der Waals surface area contributed by atoms with Gasteiger partial charge in [0.1, 0.15) is 24.2 Å². The monoisotopic (exact) mass is 1240 g/mol. The van der Waals surface area contributed by atoms with Gasteiger partial charge >= 0.3 is 23.9 Å². The first-order valence-corrected chi connectivity index (χ1v) is 32.8. The number of aromatic nitrogens is 4. The van der Waals surface area contributed by atoms with E-state index in [1.54, 1.807) is 0 Å². The van der Waals surface area contributed by atoms with Gasteiger partial charge < -0.3 is 38.5 Å². The first kappa shape index (κ1) is 70.1. The van der Waals surface area contributed by atoms with Gasteiger partial charge in [0.05, 0.1) is 18.8 Å². The second-order valence-electron chi connectivity index (χ2n) is 27.2. The van der Waals surface area contributed by atoms with Crippen LogP contribution in [0.4, 0.5) is 0 Å². The highest BCUT2D eigenvalue weighted by Crippen LogP contribution is 2.35. The van der Waals surface area contributed by atoms with Crippen molar-refractivity contribution in [3.63, 3.8) is 0 Å². The predicted octanol–water partition coefficient (Wildman–Crippen LogP) is 9.47. The van der Waals surface area contributed by atoms with Gasteiger partial charge in [-0.2, -0.15) is 10.2 Å². The van der Waals surface area contributed by atoms with Crippen LogP contribution in [0.2, 0.25) is 0 Å². The molecule has 0 unspecified atom stereocenters. The van der Waals surface area contributed by atoms with Crippen molar-refractivity contribution in [1.29, 1.82) is 0 Å². The van der Waals surface area contributed by atoms with Gasteiger partial charge in [-0.1, -0.05) is 130 Å². The second-order valence-corrected chi connectivity index (χ2v) is 27.2. The number of benzene rings is 2. The first-order valence-electron chi connectivity index (χ1n) is 32.8. The summed E-state index contributed by atoms with van der Waals surface area (Å²) < 4.78 is 28.4. The molecule has 2 aromatic carbocycles. The zero-order chi connectivity index (χ0) is 65.7. The van der Waals surface area contributed by atoms with E-state index in [9.17, 15) is 28.8 Å². The molecule has 2 aliphatic carbocycles. The third-order valence-corrected chi connectivity index (χ3v) is 18.0. The van der Waals surface area contributed by atoms with Gasteiger partial charge in [0, 0.05) is 71.0 Å². The lowest BCUT2D eigenvalue weighted by molar-refractivity contribution is -0.176. The third-order valence-electron chi connectivity index (χ3n) is 18.0. The Balaban J connectivity index is 1.22. The molecule has 3 fully saturated rings. The average molecular weight is 1250 g/mol. The van der Waals surface area contributed by atoms with Gasteiger partial charge in [-0.15, -0.1) is 0 Å². The van der Waals surface area contributed by atoms with Crippen LogP contribution in [0, 0.1) is 23.7 Å². The lowest BCUT2D eigenvalue weighted by atomic mass is 9.99. The summed E-state index contributed by atoms with van der Waals surface area (Å²) in [5.74, 6) is -6.40. The number of ether oxygens (including phenoxy) is 4. The normalized spacial score (nSPS) is 24.2. The van der Waals surface area contributed by atoms with Gasteiger partial charge in [0.15, 0.2) is 24.4 Å². The van der Waals surface area contributed by atoms with Crippen molar-refractivity contribution in [1.82, 2.24) is 39.2 Å². The Hall–Kier alpha value is -7.38. The highest BCUT2D eigenvalue weighted by molar-refractivity contribution is 5.94. The van der Waals surface area contributed by atoms with E-state index in [1.807, 2.05) is 126 Å². The Kier molecular flexibility index (Phi) is 25.0. The van der Waals surface area contributed by atoms with E-state index in [0.29, 0.717) is 36.1 Å². The van der Waals surface area contributed by atoms with Crippen molar-refractivity contribution < 1.29 is 57.3 Å². The number of likely N-dealkylation sites (N-methyl/N-ethyl adjacent to an activating group) is 4. The molecule has 1 saturated heterocycles. The molecule has 3 heterocycles. The van der Waals surface area contributed by atoms with Crippen molar-refractivity contribution in [2.24, 2.45) is 23.7 Å². The van der Waals surface area contributed by atoms with Crippen molar-refractivity contribution in [2.75, 3.05) is 28.2 Å². The fraction of sp³-hybridized carbons (Fsp3) is 0.629. The van der Waals surface area contributed by atoms with Gasteiger partial charge in [-0.25, -0.2) is 19.2 Å². The summed E-state index contributed by atoms with van der Waals surface area (Å²) in [6.07, 6.45) is 7.19. The summed E-state index contributed by atoms with van der Waals surface area (Å²) in [5.41, 5.74) is 5.48. The van der Waals surface area contributed by atoms with Crippen molar-refractivity contribution in [3.05, 3.63) is 107 Å². The summed E-state index contributed by atoms with van der Waals surface area (Å²) in [6.45, 7) is 18.7. The maximum atomic E-state index is 15.2. The minimum absolute atomic E-state index is 0.0888. The van der Waals surface area contributed by atoms with Crippen LogP contribution in [0.3, 0.4) is 0 Å². The summed E-state index contributed by atoms with van der Waals surface area (Å²) in [6, 6.07) is 14.2. The summed E-state index contributed by atoms with van der Waals surface area (Å²) >= 11 is 0. The molecule has 8 atom stereocenters. The van der Waals surface area contributed by atoms with E-state index in [4.69, 9.17) is 24.0 Å². The zero-order valence-electron chi connectivity index (χ0n) is 55.8. The molecule has 90 heavy (non-hydrogen) atoms. The average Bonchev–Trinajstić information content (AvgIpc) is 2.34. The maximum absolute atomic E-state index is 15.2. The highest BCUT2D eigenvalue weighted by Gasteiger charge is 2.43. The van der Waals surface area contributed by atoms with Crippen LogP contribution >= 0.6 is 0 Å². The lowest BCUT2D eigenvalue weighted by Crippen LogP contribution is -2.55. The number of hydrogen-bond donors (Lipinski definition) is 0. The molecule has 2 aromatic heterocycles. The first-order chi connectivity index (χ1) is 42.7. The van der Waals surface area contributed by atoms with E-state index in [0.717, 1.165) is 52.3 Å². The van der Waals surface area contributed by atoms with Crippen LogP contribution < -0.4 is 0 Å². The standard InChI is InChI=1S/C70H100N8O12/c1-43(2)35-57-67(83)87-48(10)64(80)74(12)60(38-46(7)8)70(86)90-62(40-50-25-29-52(30-26-50)42-78-56(31-33-71-78)54-21-17-18-22-54)66(82)76(14)58(36-44(3)4)68(84)88-47(9)63(79)73(11)59(37-45(5)6)69(85)89-61(65(81)75(57)13)39-49-23-27-51(28-24-49)41-77-34-32-55(72-77)53-19-15-16-20-53/h23-34,43-48,53-54,57-62H,15-22,35-42H2,1-14H3/t47-,48-,57+,58+,59+,60+,61-,62-/m1/s1. The molecule has 1 aliphatic heterocycles. The number of esters is 4. The molecule has 0 bridgehead atoms. The Morgan fingerprint density at radius 2 is 0.778 bits per heavy atom. The summed E-state index contributed by atoms with van der Waals surface area (Å²) in [5, 5.41) is 9.49. The molecule has 20 nitrogen and oxygen atoms in total. The van der Waals surface area contributed by atoms with Gasteiger partial charge in [0.2, 0.25) is 0 Å². The number of carbonyl (C=O) groups is 8. The number of carbonyl (C=O) groups excluding carboxylic acids is 8. The third kappa shape index (κ3) is 18.6. The van der Waals surface area contributed by atoms with Crippen LogP contribution in [-0.2, 0) is 83.2 Å². The summed E-state index contributed by atoms with van der Waals surface area (Å²) in [4.78, 5) is 123. The minimum Gasteiger partial charge on any atom is -0.451 e. The molecule has 4 amide bonds. The molecule has 7 rings (SSSR count). The molecule has 0 radical (unpaired) electrons. The fourth-order valence-corrected chi connectivity index (χ4v) is 12.8. The Morgan fingerprint density at radius 1 is 0.433 bits per heavy atom. The number of nitrogens with zero attached hydrogens (tertiary/aromatic N) is 8. The number of hydrogen-bond acceptors (Lipinski definition) is 14. The number of cyclic esters (lactones) is 4. The molecule has 2 saturated carbocycles. The minimum atomic E-state index is -1.53. The van der Waals surface area contributed by atoms with Gasteiger partial charge in [0.25, 0.3) is 23.6 Å². The van der Waals surface area contributed by atoms with Crippen LogP contribution in [0.25, 0.3) is 0 Å². The number of amides is 4. The molecule has 4 aromatic rings. The molecule has 20 heteroatoms. The SMILES string of the molecule is CC(C)C[C@H]1C(=O)O[C@H](Cc2ccc(Cn3nccc3C3CCCC3)cc2)C(=O)N(C)[C@@H](CC(C)C)C(=O)O[C@H](C)C(=O)N(C)[C@@H](CC(C)C)C(=O)O[C@H](Cc2ccc(Cn3ccc(C4CCCC4)n3)cc2)C(=O)N(C)[C@@H](CC(C)C)C(=O)O[C@H](C)C(=O)N1C. The molecular formula is C70H100N8O12. The van der Waals surface area contributed by atoms with E-state index < -0.39 is 96.1 Å². The Bertz CT molecular complexity index is 3050. The van der Waals surface area contributed by atoms with E-state index in [1.165, 1.54) is 83.2 Å². The largest absolute Gasteiger partial charge is 0.451 e. The molecule has 0 spiro atoms. The van der Waals surface area contributed by atoms with Crippen LogP contribution in [0.15, 0.2) is 73.1 Å². The van der Waals surface area contributed by atoms with Crippen LogP contribution in [0.1, 0.15) is 192 Å². The topological polar surface area (TPSA) is 222 Å². The summed E-state index contributed by atoms with van der Waals surface area (Å²) in [7, 11) is 5.65. The van der Waals surface area contributed by atoms with E-state index in [-0.39, 0.29) is 62.2 Å². The van der Waals surface area contributed by atoms with Crippen molar-refractivity contribution >= 4 is 47.5 Å². The van der Waals surface area contributed by atoms with E-state index >= 15 is 9.59 Å². The molecule has 3 aliphatic rings. The lowest BCUT2D eigenvalue weighted by Gasteiger charge is -2.35. The van der Waals surface area contributed by atoms with Crippen molar-refractivity contribution in [2.45, 2.75) is 233 Å². The zero-order valence-corrected chi connectivity index (χ0v) is 55.8. The van der Waals surface area contributed by atoms with Crippen LogP contribution in [0.5, 0.6) is 0 Å². The maximum Gasteiger partial charge on any atom is 0.329 e. The molecule has 492 valence electrons. The van der Waals surface area contributed by atoms with Gasteiger partial charge in [-0.3, -0.25) is 28.5 Å². The Labute approximate surface area is 533 Å². The molecule has 0 N–H and O–H groups in total. The van der Waals surface area contributed by atoms with Crippen molar-refractivity contribution in [3.8, 4) is 0 Å². The highest BCUT2D eigenvalue weighted by atomic mass is 16.6. The molecular weight excluding hydrogens is 1140 g/mol. The quantitative estimate of drug-likeness (QED) is 0.0669. The van der Waals surface area contributed by atoms with E-state index in [2.05, 4.69) is 17.2 Å². The second kappa shape index (κ2) is 32.1.